The first-order valence-corrected chi connectivity index (χ1v) is 9.76. The first-order chi connectivity index (χ1) is 15.6. The van der Waals surface area contributed by atoms with E-state index >= 15 is 0 Å². The number of amides is 2. The number of hydrogen-bond donors (Lipinski definition) is 2. The van der Waals surface area contributed by atoms with E-state index in [0.717, 1.165) is 5.56 Å². The summed E-state index contributed by atoms with van der Waals surface area (Å²) in [7, 11) is 0. The average molecular weight is 425 g/mol. The zero-order valence-corrected chi connectivity index (χ0v) is 17.1. The number of nitrogens with one attached hydrogen (secondary N) is 2. The molecule has 2 N–H and O–H groups in total. The van der Waals surface area contributed by atoms with E-state index in [9.17, 15) is 9.59 Å². The lowest BCUT2D eigenvalue weighted by atomic mass is 10.1. The lowest BCUT2D eigenvalue weighted by Crippen LogP contribution is -2.19. The highest BCUT2D eigenvalue weighted by Crippen LogP contribution is 2.25. The van der Waals surface area contributed by atoms with Crippen LogP contribution in [0.5, 0.6) is 11.6 Å². The minimum Gasteiger partial charge on any atom is -0.437 e. The molecule has 32 heavy (non-hydrogen) atoms. The van der Waals surface area contributed by atoms with Gasteiger partial charge in [-0.2, -0.15) is 0 Å². The van der Waals surface area contributed by atoms with Gasteiger partial charge in [-0.15, -0.1) is 0 Å². The predicted octanol–water partition coefficient (Wildman–Crippen LogP) is 4.48. The Labute approximate surface area is 184 Å². The van der Waals surface area contributed by atoms with Crippen LogP contribution in [0.4, 0.5) is 11.4 Å². The number of rotatable bonds is 6. The second-order valence-corrected chi connectivity index (χ2v) is 6.82. The fourth-order valence-electron chi connectivity index (χ4n) is 3.01. The summed E-state index contributed by atoms with van der Waals surface area (Å²) in [6, 6.07) is 15.4. The zero-order chi connectivity index (χ0) is 22.3. The van der Waals surface area contributed by atoms with Crippen LogP contribution < -0.4 is 15.4 Å². The number of hydrogen-bond acceptors (Lipinski definition) is 6. The van der Waals surface area contributed by atoms with Crippen molar-refractivity contribution < 1.29 is 14.3 Å². The molecule has 0 spiro atoms. The molecule has 0 bridgehead atoms. The molecule has 0 atom stereocenters. The van der Waals surface area contributed by atoms with Gasteiger partial charge in [0, 0.05) is 42.1 Å². The minimum absolute atomic E-state index is 0.324. The van der Waals surface area contributed by atoms with Crippen molar-refractivity contribution in [2.24, 2.45) is 0 Å². The number of anilines is 2. The molecule has 0 radical (unpaired) electrons. The molecule has 0 aliphatic carbocycles. The van der Waals surface area contributed by atoms with Crippen molar-refractivity contribution in [3.8, 4) is 11.6 Å². The molecule has 2 aromatic carbocycles. The second kappa shape index (κ2) is 9.48. The number of aryl methyl sites for hydroxylation is 1. The Morgan fingerprint density at radius 3 is 2.44 bits per heavy atom. The van der Waals surface area contributed by atoms with Crippen molar-refractivity contribution >= 4 is 23.2 Å². The molecule has 2 heterocycles. The van der Waals surface area contributed by atoms with Crippen molar-refractivity contribution in [2.75, 3.05) is 10.6 Å². The summed E-state index contributed by atoms with van der Waals surface area (Å²) >= 11 is 0. The van der Waals surface area contributed by atoms with E-state index in [1.807, 2.05) is 13.0 Å². The number of nitrogens with zero attached hydrogens (tertiary/aromatic N) is 3. The minimum atomic E-state index is -0.365. The van der Waals surface area contributed by atoms with Gasteiger partial charge in [0.25, 0.3) is 11.8 Å². The van der Waals surface area contributed by atoms with Gasteiger partial charge in [-0.1, -0.05) is 18.2 Å². The van der Waals surface area contributed by atoms with Gasteiger partial charge in [-0.3, -0.25) is 19.6 Å². The standard InChI is InChI=1S/C24H19N5O3/c1-16-4-2-7-20(22(16)29-23(30)17-8-10-25-11-9-17)24(31)28-18-5-3-6-19(14-18)32-21-15-26-12-13-27-21/h2-15H,1H3,(H,28,31)(H,29,30). The van der Waals surface area contributed by atoms with Gasteiger partial charge in [-0.05, 0) is 42.8 Å². The average Bonchev–Trinajstić information content (AvgIpc) is 2.82. The maximum Gasteiger partial charge on any atom is 0.257 e. The lowest BCUT2D eigenvalue weighted by molar-refractivity contribution is 0.102. The van der Waals surface area contributed by atoms with E-state index in [2.05, 4.69) is 25.6 Å². The summed E-state index contributed by atoms with van der Waals surface area (Å²) in [4.78, 5) is 37.6. The lowest BCUT2D eigenvalue weighted by Gasteiger charge is -2.14. The van der Waals surface area contributed by atoms with Gasteiger partial charge in [0.15, 0.2) is 0 Å². The van der Waals surface area contributed by atoms with Crippen LogP contribution in [0.2, 0.25) is 0 Å². The van der Waals surface area contributed by atoms with Crippen molar-refractivity contribution in [2.45, 2.75) is 6.92 Å². The number of ether oxygens (including phenoxy) is 1. The van der Waals surface area contributed by atoms with Crippen LogP contribution >= 0.6 is 0 Å². The Bertz CT molecular complexity index is 1250. The van der Waals surface area contributed by atoms with E-state index < -0.39 is 0 Å². The van der Waals surface area contributed by atoms with Gasteiger partial charge in [-0.25, -0.2) is 4.98 Å². The molecule has 4 rings (SSSR count). The number of benzene rings is 2. The van der Waals surface area contributed by atoms with E-state index in [1.54, 1.807) is 54.7 Å². The zero-order valence-electron chi connectivity index (χ0n) is 17.1. The molecule has 2 aromatic heterocycles. The normalized spacial score (nSPS) is 10.3. The maximum atomic E-state index is 13.0. The van der Waals surface area contributed by atoms with Gasteiger partial charge in [0.2, 0.25) is 5.88 Å². The van der Waals surface area contributed by atoms with Crippen LogP contribution in [0.15, 0.2) is 85.6 Å². The molecule has 0 saturated carbocycles. The fourth-order valence-corrected chi connectivity index (χ4v) is 3.01. The molecule has 4 aromatic rings. The molecule has 0 aliphatic heterocycles. The number of carbonyl (C=O) groups is 2. The third kappa shape index (κ3) is 4.93. The molecule has 8 heteroatoms. The summed E-state index contributed by atoms with van der Waals surface area (Å²) < 4.78 is 5.66. The summed E-state index contributed by atoms with van der Waals surface area (Å²) in [5, 5.41) is 5.69. The molecule has 0 fully saturated rings. The van der Waals surface area contributed by atoms with Crippen molar-refractivity contribution in [1.29, 1.82) is 0 Å². The summed E-state index contributed by atoms with van der Waals surface area (Å²) in [6.07, 6.45) is 7.65. The molecular formula is C24H19N5O3. The van der Waals surface area contributed by atoms with Crippen molar-refractivity contribution in [3.05, 3.63) is 102 Å². The Hall–Kier alpha value is -4.59. The Morgan fingerprint density at radius 2 is 1.66 bits per heavy atom. The maximum absolute atomic E-state index is 13.0. The second-order valence-electron chi connectivity index (χ2n) is 6.82. The largest absolute Gasteiger partial charge is 0.437 e. The number of carbonyl (C=O) groups excluding carboxylic acids is 2. The number of aromatic nitrogens is 3. The monoisotopic (exact) mass is 425 g/mol. The Morgan fingerprint density at radius 1 is 0.844 bits per heavy atom. The Balaban J connectivity index is 1.53. The van der Waals surface area contributed by atoms with Crippen LogP contribution in [0.1, 0.15) is 26.3 Å². The third-order valence-corrected chi connectivity index (χ3v) is 4.55. The number of pyridine rings is 1. The van der Waals surface area contributed by atoms with Gasteiger partial charge < -0.3 is 15.4 Å². The molecule has 0 saturated heterocycles. The third-order valence-electron chi connectivity index (χ3n) is 4.55. The van der Waals surface area contributed by atoms with Crippen LogP contribution in [-0.4, -0.2) is 26.8 Å². The fraction of sp³-hybridized carbons (Fsp3) is 0.0417. The SMILES string of the molecule is Cc1cccc(C(=O)Nc2cccc(Oc3cnccn3)c2)c1NC(=O)c1ccncc1. The topological polar surface area (TPSA) is 106 Å². The van der Waals surface area contributed by atoms with Crippen LogP contribution in [0.25, 0.3) is 0 Å². The van der Waals surface area contributed by atoms with Crippen LogP contribution in [-0.2, 0) is 0 Å². The highest BCUT2D eigenvalue weighted by atomic mass is 16.5. The Kier molecular flexibility index (Phi) is 6.12. The molecule has 0 aliphatic rings. The van der Waals surface area contributed by atoms with Crippen molar-refractivity contribution in [1.82, 2.24) is 15.0 Å². The quantitative estimate of drug-likeness (QED) is 0.472. The molecule has 158 valence electrons. The van der Waals surface area contributed by atoms with Crippen LogP contribution in [0, 0.1) is 6.92 Å². The highest BCUT2D eigenvalue weighted by Gasteiger charge is 2.17. The smallest absolute Gasteiger partial charge is 0.257 e. The van der Waals surface area contributed by atoms with E-state index in [4.69, 9.17) is 4.74 Å². The molecule has 0 unspecified atom stereocenters. The first kappa shape index (κ1) is 20.7. The summed E-state index contributed by atoms with van der Waals surface area (Å²) in [5.41, 5.74) is 2.53. The van der Waals surface area contributed by atoms with E-state index in [-0.39, 0.29) is 11.8 Å². The summed E-state index contributed by atoms with van der Waals surface area (Å²) in [6.45, 7) is 1.83. The van der Waals surface area contributed by atoms with Gasteiger partial charge >= 0.3 is 0 Å². The number of para-hydroxylation sites is 1. The molecule has 2 amide bonds. The summed E-state index contributed by atoms with van der Waals surface area (Å²) in [5.74, 6) is 0.153. The predicted molar refractivity (Wildman–Crippen MR) is 120 cm³/mol. The van der Waals surface area contributed by atoms with Gasteiger partial charge in [0.1, 0.15) is 5.75 Å². The van der Waals surface area contributed by atoms with Crippen molar-refractivity contribution in [3.63, 3.8) is 0 Å². The molecular weight excluding hydrogens is 406 g/mol. The van der Waals surface area contributed by atoms with Gasteiger partial charge in [0.05, 0.1) is 17.4 Å². The van der Waals surface area contributed by atoms with E-state index in [1.165, 1.54) is 24.8 Å². The van der Waals surface area contributed by atoms with Crippen LogP contribution in [0.3, 0.4) is 0 Å². The van der Waals surface area contributed by atoms with E-state index in [0.29, 0.717) is 34.1 Å². The molecule has 8 nitrogen and oxygen atoms in total. The highest BCUT2D eigenvalue weighted by molar-refractivity contribution is 6.13. The first-order valence-electron chi connectivity index (χ1n) is 9.76.